The molecule has 112 valence electrons. The molecule has 0 aromatic heterocycles. The minimum atomic E-state index is -4.91. The van der Waals surface area contributed by atoms with Crippen molar-refractivity contribution in [2.75, 3.05) is 6.54 Å². The number of benzene rings is 1. The molecule has 1 amide bonds. The first-order chi connectivity index (χ1) is 9.27. The molecule has 0 bridgehead atoms. The molecule has 1 unspecified atom stereocenters. The van der Waals surface area contributed by atoms with Gasteiger partial charge in [-0.3, -0.25) is 4.79 Å². The second-order valence-corrected chi connectivity index (χ2v) is 4.92. The Morgan fingerprint density at radius 1 is 1.45 bits per heavy atom. The summed E-state index contributed by atoms with van der Waals surface area (Å²) in [5.41, 5.74) is 6.78. The van der Waals surface area contributed by atoms with Crippen LogP contribution in [0.4, 0.5) is 13.2 Å². The summed E-state index contributed by atoms with van der Waals surface area (Å²) in [6.45, 7) is -0.0985. The van der Waals surface area contributed by atoms with E-state index in [4.69, 9.17) is 5.73 Å². The van der Waals surface area contributed by atoms with Gasteiger partial charge in [0.1, 0.15) is 0 Å². The maximum absolute atomic E-state index is 12.0. The van der Waals surface area contributed by atoms with Crippen LogP contribution in [-0.4, -0.2) is 23.7 Å². The smallest absolute Gasteiger partial charge is 0.388 e. The maximum atomic E-state index is 12.0. The molecule has 0 fully saturated rings. The van der Waals surface area contributed by atoms with Crippen molar-refractivity contribution in [1.82, 2.24) is 5.32 Å². The molecule has 1 aromatic rings. The SMILES string of the molecule is NCc1c(Br)cccc1C(O)CCNC(=O)C(F)(F)F. The summed E-state index contributed by atoms with van der Waals surface area (Å²) >= 11 is 3.28. The number of halogens is 4. The molecular formula is C12H14BrF3N2O2. The number of amides is 1. The van der Waals surface area contributed by atoms with Gasteiger partial charge < -0.3 is 16.2 Å². The lowest BCUT2D eigenvalue weighted by Crippen LogP contribution is -2.37. The van der Waals surface area contributed by atoms with Crippen LogP contribution < -0.4 is 11.1 Å². The number of carbonyl (C=O) groups is 1. The number of hydrogen-bond acceptors (Lipinski definition) is 3. The zero-order valence-electron chi connectivity index (χ0n) is 10.4. The average molecular weight is 355 g/mol. The van der Waals surface area contributed by atoms with Gasteiger partial charge in [-0.1, -0.05) is 28.1 Å². The van der Waals surface area contributed by atoms with E-state index in [9.17, 15) is 23.1 Å². The van der Waals surface area contributed by atoms with Crippen LogP contribution in [0.25, 0.3) is 0 Å². The third kappa shape index (κ3) is 4.46. The van der Waals surface area contributed by atoms with Crippen molar-refractivity contribution in [3.63, 3.8) is 0 Å². The summed E-state index contributed by atoms with van der Waals surface area (Å²) in [7, 11) is 0. The van der Waals surface area contributed by atoms with E-state index in [1.165, 1.54) is 0 Å². The highest BCUT2D eigenvalue weighted by Gasteiger charge is 2.38. The molecule has 1 rings (SSSR count). The van der Waals surface area contributed by atoms with Gasteiger partial charge in [0.05, 0.1) is 6.10 Å². The van der Waals surface area contributed by atoms with Crippen molar-refractivity contribution in [2.24, 2.45) is 5.73 Å². The fourth-order valence-electron chi connectivity index (χ4n) is 1.68. The number of nitrogens with two attached hydrogens (primary N) is 1. The van der Waals surface area contributed by atoms with Gasteiger partial charge in [-0.05, 0) is 23.6 Å². The van der Waals surface area contributed by atoms with E-state index in [0.717, 1.165) is 4.47 Å². The Hall–Kier alpha value is -1.12. The summed E-state index contributed by atoms with van der Waals surface area (Å²) in [6.07, 6.45) is -5.95. The van der Waals surface area contributed by atoms with Crippen LogP contribution in [0.1, 0.15) is 23.7 Å². The summed E-state index contributed by atoms with van der Waals surface area (Å²) in [4.78, 5) is 10.6. The molecule has 0 saturated carbocycles. The topological polar surface area (TPSA) is 75.3 Å². The predicted octanol–water partition coefficient (Wildman–Crippen LogP) is 2.01. The van der Waals surface area contributed by atoms with Gasteiger partial charge in [0.15, 0.2) is 0 Å². The molecule has 1 aromatic carbocycles. The molecule has 0 aliphatic rings. The second-order valence-electron chi connectivity index (χ2n) is 4.07. The summed E-state index contributed by atoms with van der Waals surface area (Å²) in [5.74, 6) is -2.02. The number of hydrogen-bond donors (Lipinski definition) is 3. The fraction of sp³-hybridized carbons (Fsp3) is 0.417. The van der Waals surface area contributed by atoms with E-state index in [1.54, 1.807) is 23.5 Å². The highest BCUT2D eigenvalue weighted by Crippen LogP contribution is 2.26. The Kier molecular flexibility index (Phi) is 5.97. The monoisotopic (exact) mass is 354 g/mol. The first-order valence-electron chi connectivity index (χ1n) is 5.77. The van der Waals surface area contributed by atoms with E-state index in [2.05, 4.69) is 15.9 Å². The number of alkyl halides is 3. The third-order valence-electron chi connectivity index (χ3n) is 2.68. The molecule has 0 aliphatic carbocycles. The maximum Gasteiger partial charge on any atom is 0.471 e. The molecule has 0 radical (unpaired) electrons. The van der Waals surface area contributed by atoms with Gasteiger partial charge in [-0.15, -0.1) is 0 Å². The molecule has 0 heterocycles. The van der Waals surface area contributed by atoms with Crippen molar-refractivity contribution in [3.05, 3.63) is 33.8 Å². The average Bonchev–Trinajstić information content (AvgIpc) is 2.36. The van der Waals surface area contributed by atoms with Crippen molar-refractivity contribution < 1.29 is 23.1 Å². The molecule has 4 nitrogen and oxygen atoms in total. The Bertz CT molecular complexity index is 480. The van der Waals surface area contributed by atoms with Crippen LogP contribution >= 0.6 is 15.9 Å². The van der Waals surface area contributed by atoms with Crippen LogP contribution in [0.5, 0.6) is 0 Å². The Morgan fingerprint density at radius 2 is 2.10 bits per heavy atom. The Morgan fingerprint density at radius 3 is 2.65 bits per heavy atom. The second kappa shape index (κ2) is 7.05. The van der Waals surface area contributed by atoms with E-state index in [-0.39, 0.29) is 19.5 Å². The zero-order chi connectivity index (χ0) is 15.3. The van der Waals surface area contributed by atoms with E-state index >= 15 is 0 Å². The summed E-state index contributed by atoms with van der Waals surface area (Å²) < 4.78 is 36.6. The van der Waals surface area contributed by atoms with Gasteiger partial charge in [0.2, 0.25) is 0 Å². The number of nitrogens with one attached hydrogen (secondary N) is 1. The Labute approximate surface area is 122 Å². The van der Waals surface area contributed by atoms with Gasteiger partial charge in [0.25, 0.3) is 0 Å². The molecule has 0 saturated heterocycles. The minimum Gasteiger partial charge on any atom is -0.388 e. The van der Waals surface area contributed by atoms with Crippen molar-refractivity contribution in [1.29, 1.82) is 0 Å². The van der Waals surface area contributed by atoms with Gasteiger partial charge in [-0.25, -0.2) is 0 Å². The number of rotatable bonds is 5. The zero-order valence-corrected chi connectivity index (χ0v) is 12.0. The highest BCUT2D eigenvalue weighted by atomic mass is 79.9. The standard InChI is InChI=1S/C12H14BrF3N2O2/c13-9-3-1-2-7(8(9)6-17)10(19)4-5-18-11(20)12(14,15)16/h1-3,10,19H,4-6,17H2,(H,18,20). The van der Waals surface area contributed by atoms with E-state index < -0.39 is 18.2 Å². The van der Waals surface area contributed by atoms with Gasteiger partial charge in [-0.2, -0.15) is 13.2 Å². The lowest BCUT2D eigenvalue weighted by atomic mass is 10.0. The van der Waals surface area contributed by atoms with E-state index in [1.807, 2.05) is 0 Å². The molecular weight excluding hydrogens is 341 g/mol. The lowest BCUT2D eigenvalue weighted by molar-refractivity contribution is -0.173. The van der Waals surface area contributed by atoms with E-state index in [0.29, 0.717) is 11.1 Å². The largest absolute Gasteiger partial charge is 0.471 e. The molecule has 1 atom stereocenters. The molecule has 0 spiro atoms. The number of carbonyl (C=O) groups excluding carboxylic acids is 1. The van der Waals surface area contributed by atoms with Gasteiger partial charge in [0, 0.05) is 17.6 Å². The van der Waals surface area contributed by atoms with Crippen LogP contribution in [0.2, 0.25) is 0 Å². The summed E-state index contributed by atoms with van der Waals surface area (Å²) in [5, 5.41) is 11.7. The third-order valence-corrected chi connectivity index (χ3v) is 3.42. The molecule has 20 heavy (non-hydrogen) atoms. The van der Waals surface area contributed by atoms with Crippen LogP contribution in [0.3, 0.4) is 0 Å². The Balaban J connectivity index is 2.62. The predicted molar refractivity (Wildman–Crippen MR) is 70.7 cm³/mol. The number of aliphatic hydroxyl groups excluding tert-OH is 1. The van der Waals surface area contributed by atoms with Crippen LogP contribution in [-0.2, 0) is 11.3 Å². The van der Waals surface area contributed by atoms with Crippen LogP contribution in [0.15, 0.2) is 22.7 Å². The lowest BCUT2D eigenvalue weighted by Gasteiger charge is -2.16. The van der Waals surface area contributed by atoms with Crippen molar-refractivity contribution in [2.45, 2.75) is 25.2 Å². The summed E-state index contributed by atoms with van der Waals surface area (Å²) in [6, 6.07) is 5.09. The molecule has 8 heteroatoms. The number of aliphatic hydroxyl groups is 1. The quantitative estimate of drug-likeness (QED) is 0.757. The van der Waals surface area contributed by atoms with Crippen molar-refractivity contribution >= 4 is 21.8 Å². The minimum absolute atomic E-state index is 0.0364. The molecule has 0 aliphatic heterocycles. The first kappa shape index (κ1) is 16.9. The van der Waals surface area contributed by atoms with Gasteiger partial charge >= 0.3 is 12.1 Å². The molecule has 4 N–H and O–H groups in total. The van der Waals surface area contributed by atoms with Crippen molar-refractivity contribution in [3.8, 4) is 0 Å². The first-order valence-corrected chi connectivity index (χ1v) is 6.57. The highest BCUT2D eigenvalue weighted by molar-refractivity contribution is 9.10. The fourth-order valence-corrected chi connectivity index (χ4v) is 2.22. The van der Waals surface area contributed by atoms with Crippen LogP contribution in [0, 0.1) is 0 Å². The normalized spacial score (nSPS) is 13.1.